The molecule has 9 heteroatoms. The van der Waals surface area contributed by atoms with Crippen molar-refractivity contribution in [2.75, 3.05) is 5.32 Å². The van der Waals surface area contributed by atoms with Gasteiger partial charge in [0.2, 0.25) is 11.8 Å². The molecule has 1 spiro atoms. The van der Waals surface area contributed by atoms with E-state index in [1.807, 2.05) is 30.3 Å². The standard InChI is InChI=1S/C33H33Cl3N2O4/c1-31(2)16-22(17-32(3,4)42-31)41-27-11-9-20(35)13-23(27)29-33(24-10-8-21(36)14-26(24)37-30(33)40)25(15-28(39)38-29)18-6-5-7-19(34)12-18/h5-14,22,25,29H,15-17H2,1-4H3,(H,37,40)(H,38,39)/t25-,29+,33-/m1/s1. The van der Waals surface area contributed by atoms with Crippen LogP contribution in [0, 0.1) is 0 Å². The molecule has 3 aromatic carbocycles. The van der Waals surface area contributed by atoms with Crippen molar-refractivity contribution in [1.29, 1.82) is 0 Å². The first-order valence-corrected chi connectivity index (χ1v) is 15.2. The second-order valence-electron chi connectivity index (χ2n) is 12.8. The Labute approximate surface area is 261 Å². The Morgan fingerprint density at radius 3 is 2.24 bits per heavy atom. The average molecular weight is 628 g/mol. The molecule has 6 rings (SSSR count). The number of carbonyl (C=O) groups excluding carboxylic acids is 2. The maximum absolute atomic E-state index is 14.4. The first-order chi connectivity index (χ1) is 19.8. The maximum Gasteiger partial charge on any atom is 0.238 e. The van der Waals surface area contributed by atoms with Crippen LogP contribution in [0.2, 0.25) is 15.1 Å². The fraction of sp³-hybridized carbons (Fsp3) is 0.394. The third-order valence-electron chi connectivity index (χ3n) is 8.57. The zero-order valence-corrected chi connectivity index (χ0v) is 26.2. The van der Waals surface area contributed by atoms with E-state index in [1.165, 1.54) is 0 Å². The molecule has 2 fully saturated rings. The zero-order chi connectivity index (χ0) is 30.0. The van der Waals surface area contributed by atoms with Gasteiger partial charge in [-0.25, -0.2) is 0 Å². The summed E-state index contributed by atoms with van der Waals surface area (Å²) in [6.45, 7) is 8.24. The molecule has 2 saturated heterocycles. The van der Waals surface area contributed by atoms with E-state index in [1.54, 1.807) is 30.3 Å². The van der Waals surface area contributed by atoms with Gasteiger partial charge in [0.1, 0.15) is 17.3 Å². The largest absolute Gasteiger partial charge is 0.490 e. The number of hydrogen-bond donors (Lipinski definition) is 2. The third-order valence-corrected chi connectivity index (χ3v) is 9.27. The lowest BCUT2D eigenvalue weighted by Gasteiger charge is -2.47. The summed E-state index contributed by atoms with van der Waals surface area (Å²) in [5.74, 6) is -0.409. The Bertz CT molecular complexity index is 1570. The monoisotopic (exact) mass is 626 g/mol. The molecule has 3 aliphatic rings. The van der Waals surface area contributed by atoms with Gasteiger partial charge in [-0.05, 0) is 81.3 Å². The minimum absolute atomic E-state index is 0.0887. The van der Waals surface area contributed by atoms with Crippen LogP contribution in [0.4, 0.5) is 5.69 Å². The molecule has 42 heavy (non-hydrogen) atoms. The summed E-state index contributed by atoms with van der Waals surface area (Å²) in [6.07, 6.45) is 1.28. The predicted molar refractivity (Wildman–Crippen MR) is 166 cm³/mol. The van der Waals surface area contributed by atoms with E-state index in [2.05, 4.69) is 38.3 Å². The number of hydrogen-bond acceptors (Lipinski definition) is 4. The Morgan fingerprint density at radius 1 is 0.857 bits per heavy atom. The quantitative estimate of drug-likeness (QED) is 0.307. The number of benzene rings is 3. The van der Waals surface area contributed by atoms with E-state index in [0.717, 1.165) is 11.1 Å². The van der Waals surface area contributed by atoms with Gasteiger partial charge in [-0.3, -0.25) is 9.59 Å². The number of fused-ring (bicyclic) bond motifs is 2. The lowest BCUT2D eigenvalue weighted by Crippen LogP contribution is -2.57. The molecule has 0 radical (unpaired) electrons. The molecule has 3 aliphatic heterocycles. The number of piperidine rings is 1. The number of anilines is 1. The molecule has 3 aromatic rings. The topological polar surface area (TPSA) is 76.7 Å². The highest BCUT2D eigenvalue weighted by Crippen LogP contribution is 2.59. The Hall–Kier alpha value is -2.77. The second kappa shape index (κ2) is 10.4. The van der Waals surface area contributed by atoms with Crippen molar-refractivity contribution in [3.63, 3.8) is 0 Å². The second-order valence-corrected chi connectivity index (χ2v) is 14.1. The van der Waals surface area contributed by atoms with Crippen molar-refractivity contribution in [3.8, 4) is 5.75 Å². The van der Waals surface area contributed by atoms with Crippen LogP contribution in [-0.2, 0) is 19.7 Å². The van der Waals surface area contributed by atoms with Gasteiger partial charge in [-0.2, -0.15) is 0 Å². The van der Waals surface area contributed by atoms with Crippen LogP contribution in [0.25, 0.3) is 0 Å². The van der Waals surface area contributed by atoms with Gasteiger partial charge >= 0.3 is 0 Å². The van der Waals surface area contributed by atoms with E-state index in [0.29, 0.717) is 44.9 Å². The fourth-order valence-electron chi connectivity index (χ4n) is 7.38. The van der Waals surface area contributed by atoms with Gasteiger partial charge < -0.3 is 20.1 Å². The number of carbonyl (C=O) groups is 2. The van der Waals surface area contributed by atoms with E-state index in [9.17, 15) is 9.59 Å². The van der Waals surface area contributed by atoms with Crippen molar-refractivity contribution in [2.24, 2.45) is 0 Å². The van der Waals surface area contributed by atoms with E-state index in [4.69, 9.17) is 44.3 Å². The first-order valence-electron chi connectivity index (χ1n) is 14.1. The SMILES string of the molecule is CC1(C)CC(Oc2ccc(Cl)cc2[C@@H]2NC(=O)C[C@H](c3cccc(Cl)c3)[C@@]23C(=O)Nc2cc(Cl)ccc23)CC(C)(C)O1. The molecule has 3 heterocycles. The molecule has 0 aliphatic carbocycles. The molecular formula is C33H33Cl3N2O4. The van der Waals surface area contributed by atoms with Crippen LogP contribution in [0.15, 0.2) is 60.7 Å². The van der Waals surface area contributed by atoms with Gasteiger partial charge in [0.15, 0.2) is 0 Å². The van der Waals surface area contributed by atoms with Crippen LogP contribution in [0.5, 0.6) is 5.75 Å². The molecule has 0 bridgehead atoms. The summed E-state index contributed by atoms with van der Waals surface area (Å²) in [7, 11) is 0. The predicted octanol–water partition coefficient (Wildman–Crippen LogP) is 8.00. The summed E-state index contributed by atoms with van der Waals surface area (Å²) >= 11 is 19.4. The van der Waals surface area contributed by atoms with E-state index >= 15 is 0 Å². The number of halogens is 3. The molecular weight excluding hydrogens is 595 g/mol. The Morgan fingerprint density at radius 2 is 1.52 bits per heavy atom. The molecule has 2 amide bonds. The van der Waals surface area contributed by atoms with Crippen molar-refractivity contribution in [3.05, 3.63) is 92.4 Å². The first kappa shape index (κ1) is 29.3. The lowest BCUT2D eigenvalue weighted by molar-refractivity contribution is -0.182. The third kappa shape index (κ3) is 5.17. The zero-order valence-electron chi connectivity index (χ0n) is 23.9. The van der Waals surface area contributed by atoms with Crippen molar-refractivity contribution < 1.29 is 19.1 Å². The summed E-state index contributed by atoms with van der Waals surface area (Å²) < 4.78 is 13.0. The molecule has 0 unspecified atom stereocenters. The van der Waals surface area contributed by atoms with Crippen molar-refractivity contribution in [1.82, 2.24) is 5.32 Å². The van der Waals surface area contributed by atoms with Crippen LogP contribution < -0.4 is 15.4 Å². The molecule has 3 atom stereocenters. The molecule has 220 valence electrons. The lowest BCUT2D eigenvalue weighted by atomic mass is 9.59. The summed E-state index contributed by atoms with van der Waals surface area (Å²) in [5.41, 5.74) is 0.751. The molecule has 2 N–H and O–H groups in total. The van der Waals surface area contributed by atoms with E-state index < -0.39 is 17.4 Å². The minimum atomic E-state index is -1.24. The van der Waals surface area contributed by atoms with Gasteiger partial charge in [-0.15, -0.1) is 0 Å². The summed E-state index contributed by atoms with van der Waals surface area (Å²) in [6, 6.07) is 17.3. The highest BCUT2D eigenvalue weighted by atomic mass is 35.5. The van der Waals surface area contributed by atoms with Gasteiger partial charge in [0, 0.05) is 51.5 Å². The van der Waals surface area contributed by atoms with E-state index in [-0.39, 0.29) is 35.5 Å². The van der Waals surface area contributed by atoms with Gasteiger partial charge in [-0.1, -0.05) is 53.0 Å². The van der Waals surface area contributed by atoms with Crippen LogP contribution >= 0.6 is 34.8 Å². The molecule has 0 saturated carbocycles. The van der Waals surface area contributed by atoms with Crippen molar-refractivity contribution in [2.45, 2.75) is 81.6 Å². The van der Waals surface area contributed by atoms with Crippen molar-refractivity contribution >= 4 is 52.3 Å². The Balaban J connectivity index is 1.54. The van der Waals surface area contributed by atoms with Gasteiger partial charge in [0.25, 0.3) is 0 Å². The maximum atomic E-state index is 14.4. The van der Waals surface area contributed by atoms with Gasteiger partial charge in [0.05, 0.1) is 17.2 Å². The smallest absolute Gasteiger partial charge is 0.238 e. The number of nitrogens with one attached hydrogen (secondary N) is 2. The number of rotatable bonds is 4. The average Bonchev–Trinajstić information content (AvgIpc) is 3.15. The normalized spacial score (nSPS) is 26.5. The fourth-order valence-corrected chi connectivity index (χ4v) is 7.94. The highest BCUT2D eigenvalue weighted by Gasteiger charge is 2.61. The molecule has 0 aromatic heterocycles. The Kier molecular flexibility index (Phi) is 7.29. The minimum Gasteiger partial charge on any atom is -0.490 e. The molecule has 6 nitrogen and oxygen atoms in total. The summed E-state index contributed by atoms with van der Waals surface area (Å²) in [4.78, 5) is 27.9. The van der Waals surface area contributed by atoms with Crippen LogP contribution in [0.3, 0.4) is 0 Å². The highest BCUT2D eigenvalue weighted by molar-refractivity contribution is 6.31. The summed E-state index contributed by atoms with van der Waals surface area (Å²) in [5, 5.41) is 7.73. The van der Waals surface area contributed by atoms with Crippen LogP contribution in [-0.4, -0.2) is 29.1 Å². The number of amides is 2. The number of ether oxygens (including phenoxy) is 2. The van der Waals surface area contributed by atoms with Crippen LogP contribution in [0.1, 0.15) is 75.6 Å².